The predicted molar refractivity (Wildman–Crippen MR) is 159 cm³/mol. The predicted octanol–water partition coefficient (Wildman–Crippen LogP) is 2.77. The first-order chi connectivity index (χ1) is 19.8. The average Bonchev–Trinajstić information content (AvgIpc) is 3.36. The second-order valence-electron chi connectivity index (χ2n) is 10.3. The van der Waals surface area contributed by atoms with Crippen molar-refractivity contribution in [3.63, 3.8) is 0 Å². The lowest BCUT2D eigenvalue weighted by Crippen LogP contribution is -2.54. The van der Waals surface area contributed by atoms with Gasteiger partial charge < -0.3 is 15.5 Å². The van der Waals surface area contributed by atoms with Gasteiger partial charge in [-0.25, -0.2) is 32.1 Å². The molecule has 0 bridgehead atoms. The lowest BCUT2D eigenvalue weighted by molar-refractivity contribution is -0.126. The molecule has 4 aromatic heterocycles. The molecule has 4 aromatic rings. The van der Waals surface area contributed by atoms with Gasteiger partial charge >= 0.3 is 5.69 Å². The minimum absolute atomic E-state index is 0.0244. The van der Waals surface area contributed by atoms with Crippen molar-refractivity contribution in [1.29, 1.82) is 0 Å². The second-order valence-corrected chi connectivity index (χ2v) is 13.2. The highest BCUT2D eigenvalue weighted by Gasteiger charge is 2.31. The van der Waals surface area contributed by atoms with Gasteiger partial charge in [0.2, 0.25) is 5.91 Å². The van der Waals surface area contributed by atoms with Crippen molar-refractivity contribution in [2.45, 2.75) is 37.6 Å². The van der Waals surface area contributed by atoms with Crippen LogP contribution >= 0.6 is 11.3 Å². The molecule has 5 heterocycles. The first-order valence-corrected chi connectivity index (χ1v) is 15.8. The Hall–Kier alpha value is -4.24. The molecule has 1 saturated heterocycles. The molecule has 1 aliphatic rings. The molecule has 0 saturated carbocycles. The van der Waals surface area contributed by atoms with Crippen molar-refractivity contribution in [3.05, 3.63) is 58.5 Å². The number of thiazole rings is 1. The zero-order valence-electron chi connectivity index (χ0n) is 23.4. The van der Waals surface area contributed by atoms with E-state index in [9.17, 15) is 18.0 Å². The van der Waals surface area contributed by atoms with Crippen LogP contribution in [0.4, 0.5) is 15.2 Å². The summed E-state index contributed by atoms with van der Waals surface area (Å²) in [6, 6.07) is 0.906. The molecule has 42 heavy (non-hydrogen) atoms. The lowest BCUT2D eigenvalue weighted by atomic mass is 10.0. The summed E-state index contributed by atoms with van der Waals surface area (Å²) in [4.78, 5) is 46.7. The number of carbonyl (C=O) groups is 1. The van der Waals surface area contributed by atoms with Crippen LogP contribution in [0, 0.1) is 5.82 Å². The van der Waals surface area contributed by atoms with Crippen LogP contribution in [0.2, 0.25) is 0 Å². The quantitative estimate of drug-likeness (QED) is 0.321. The van der Waals surface area contributed by atoms with E-state index in [4.69, 9.17) is 5.73 Å². The van der Waals surface area contributed by atoms with Gasteiger partial charge in [-0.05, 0) is 30.5 Å². The van der Waals surface area contributed by atoms with Crippen LogP contribution in [0.15, 0.2) is 46.3 Å². The Bertz CT molecular complexity index is 1900. The Morgan fingerprint density at radius 2 is 1.98 bits per heavy atom. The zero-order chi connectivity index (χ0) is 30.5. The fraction of sp³-hybridized carbons (Fsp3) is 0.333. The normalized spacial score (nSPS) is 15.9. The molecule has 1 fully saturated rings. The molecule has 0 radical (unpaired) electrons. The Labute approximate surface area is 245 Å². The van der Waals surface area contributed by atoms with E-state index in [1.807, 2.05) is 25.7 Å². The van der Waals surface area contributed by atoms with Gasteiger partial charge in [0.1, 0.15) is 27.1 Å². The molecule has 1 atom stereocenters. The topological polar surface area (TPSA) is 157 Å². The number of anilines is 2. The summed E-state index contributed by atoms with van der Waals surface area (Å²) in [6.07, 6.45) is 4.92. The van der Waals surface area contributed by atoms with E-state index < -0.39 is 21.3 Å². The SMILES string of the molecule is C=CC(=O)N1CCN(c2nc(=O)n(-c3c(C(C)C)cncc3S(C)(=O)=O)c3nc(-c4ncsc4N)c(F)cc23)[C@@H](C)C1. The van der Waals surface area contributed by atoms with Crippen molar-refractivity contribution in [3.8, 4) is 17.1 Å². The molecule has 0 spiro atoms. The van der Waals surface area contributed by atoms with E-state index >= 15 is 4.39 Å². The van der Waals surface area contributed by atoms with Gasteiger partial charge in [-0.2, -0.15) is 4.98 Å². The first-order valence-electron chi connectivity index (χ1n) is 13.0. The Morgan fingerprint density at radius 3 is 2.57 bits per heavy atom. The van der Waals surface area contributed by atoms with E-state index in [0.29, 0.717) is 25.2 Å². The first kappa shape index (κ1) is 29.3. The van der Waals surface area contributed by atoms with E-state index in [1.165, 1.54) is 30.0 Å². The number of aromatic nitrogens is 5. The van der Waals surface area contributed by atoms with Crippen molar-refractivity contribution >= 4 is 48.9 Å². The third-order valence-electron chi connectivity index (χ3n) is 7.16. The number of nitrogen functional groups attached to an aromatic ring is 1. The Morgan fingerprint density at radius 1 is 1.24 bits per heavy atom. The number of hydrogen-bond donors (Lipinski definition) is 1. The van der Waals surface area contributed by atoms with E-state index in [1.54, 1.807) is 4.90 Å². The van der Waals surface area contributed by atoms with E-state index in [0.717, 1.165) is 22.2 Å². The summed E-state index contributed by atoms with van der Waals surface area (Å²) >= 11 is 1.10. The smallest absolute Gasteiger partial charge is 0.355 e. The molecule has 1 aliphatic heterocycles. The molecule has 1 amide bonds. The summed E-state index contributed by atoms with van der Waals surface area (Å²) in [5.41, 5.74) is 7.08. The van der Waals surface area contributed by atoms with Crippen molar-refractivity contribution < 1.29 is 17.6 Å². The summed E-state index contributed by atoms with van der Waals surface area (Å²) in [5.74, 6) is -1.06. The molecule has 15 heteroatoms. The third-order valence-corrected chi connectivity index (χ3v) is 8.92. The average molecular weight is 613 g/mol. The van der Waals surface area contributed by atoms with Crippen LogP contribution in [-0.4, -0.2) is 75.7 Å². The number of rotatable bonds is 6. The van der Waals surface area contributed by atoms with Gasteiger partial charge in [0, 0.05) is 44.3 Å². The molecule has 0 unspecified atom stereocenters. The maximum Gasteiger partial charge on any atom is 0.355 e. The maximum absolute atomic E-state index is 15.8. The third kappa shape index (κ3) is 5.02. The summed E-state index contributed by atoms with van der Waals surface area (Å²) in [5, 5.41) is 0.398. The van der Waals surface area contributed by atoms with Crippen LogP contribution in [0.25, 0.3) is 28.1 Å². The van der Waals surface area contributed by atoms with Gasteiger partial charge in [-0.15, -0.1) is 11.3 Å². The molecular formula is C27H29FN8O4S2. The van der Waals surface area contributed by atoms with Crippen LogP contribution in [0.5, 0.6) is 0 Å². The maximum atomic E-state index is 15.8. The van der Waals surface area contributed by atoms with Gasteiger partial charge in [-0.3, -0.25) is 9.78 Å². The second kappa shape index (κ2) is 10.9. The summed E-state index contributed by atoms with van der Waals surface area (Å²) < 4.78 is 42.8. The van der Waals surface area contributed by atoms with Crippen molar-refractivity contribution in [2.75, 3.05) is 36.5 Å². The number of pyridine rings is 2. The number of carbonyl (C=O) groups excluding carboxylic acids is 1. The number of halogens is 1. The highest BCUT2D eigenvalue weighted by atomic mass is 32.2. The van der Waals surface area contributed by atoms with Gasteiger partial charge in [0.15, 0.2) is 21.3 Å². The lowest BCUT2D eigenvalue weighted by Gasteiger charge is -2.40. The van der Waals surface area contributed by atoms with Gasteiger partial charge in [0.05, 0.1) is 16.6 Å². The largest absolute Gasteiger partial charge is 0.389 e. The Balaban J connectivity index is 1.87. The Kier molecular flexibility index (Phi) is 7.57. The molecule has 0 aliphatic carbocycles. The van der Waals surface area contributed by atoms with Gasteiger partial charge in [0.25, 0.3) is 0 Å². The highest BCUT2D eigenvalue weighted by Crippen LogP contribution is 2.36. The highest BCUT2D eigenvalue weighted by molar-refractivity contribution is 7.90. The number of fused-ring (bicyclic) bond motifs is 1. The minimum Gasteiger partial charge on any atom is -0.389 e. The molecule has 2 N–H and O–H groups in total. The number of sulfone groups is 1. The summed E-state index contributed by atoms with van der Waals surface area (Å²) in [6.45, 7) is 10.0. The fourth-order valence-corrected chi connectivity index (χ4v) is 6.46. The van der Waals surface area contributed by atoms with Crippen molar-refractivity contribution in [2.24, 2.45) is 0 Å². The molecule has 12 nitrogen and oxygen atoms in total. The molecule has 5 rings (SSSR count). The van der Waals surface area contributed by atoms with E-state index in [2.05, 4.69) is 26.5 Å². The van der Waals surface area contributed by atoms with Crippen LogP contribution in [0.3, 0.4) is 0 Å². The number of amides is 1. The zero-order valence-corrected chi connectivity index (χ0v) is 25.0. The monoisotopic (exact) mass is 612 g/mol. The number of nitrogens with two attached hydrogens (primary N) is 1. The van der Waals surface area contributed by atoms with Crippen LogP contribution in [-0.2, 0) is 14.6 Å². The minimum atomic E-state index is -3.89. The van der Waals surface area contributed by atoms with Crippen LogP contribution in [0.1, 0.15) is 32.3 Å². The van der Waals surface area contributed by atoms with Crippen molar-refractivity contribution in [1.82, 2.24) is 29.4 Å². The standard InChI is InChI=1S/C27H29FN8O4S2/c1-6-20(37)34-7-8-35(15(4)12-34)25-16-9-18(28)21(22-24(29)41-13-31-22)32-26(16)36(27(38)33-25)23-17(14(2)3)10-30-11-19(23)42(5,39)40/h6,9-11,13-15H,1,7-8,12,29H2,2-5H3/t15-/m0/s1. The summed E-state index contributed by atoms with van der Waals surface area (Å²) in [7, 11) is -3.89. The van der Waals surface area contributed by atoms with E-state index in [-0.39, 0.29) is 61.7 Å². The fourth-order valence-electron chi connectivity index (χ4n) is 5.11. The number of piperazine rings is 1. The van der Waals surface area contributed by atoms with Crippen LogP contribution < -0.4 is 16.3 Å². The number of hydrogen-bond acceptors (Lipinski definition) is 11. The molecule has 220 valence electrons. The molecular weight excluding hydrogens is 583 g/mol. The number of nitrogens with zero attached hydrogens (tertiary/aromatic N) is 7. The molecule has 0 aromatic carbocycles. The van der Waals surface area contributed by atoms with Gasteiger partial charge in [-0.1, -0.05) is 20.4 Å².